The van der Waals surface area contributed by atoms with Crippen LogP contribution in [0.5, 0.6) is 11.6 Å². The van der Waals surface area contributed by atoms with E-state index >= 15 is 0 Å². The molecule has 0 saturated heterocycles. The second-order valence-corrected chi connectivity index (χ2v) is 3.65. The second-order valence-electron chi connectivity index (χ2n) is 2.73. The van der Waals surface area contributed by atoms with Gasteiger partial charge in [0.25, 0.3) is 0 Å². The number of nitrogens with zero attached hydrogens (tertiary/aromatic N) is 1. The molecule has 3 nitrogen and oxygen atoms in total. The summed E-state index contributed by atoms with van der Waals surface area (Å²) in [5.41, 5.74) is 0.929. The summed E-state index contributed by atoms with van der Waals surface area (Å²) in [5.74, 6) is 1.45. The predicted octanol–water partition coefficient (Wildman–Crippen LogP) is 2.70. The van der Waals surface area contributed by atoms with Crippen LogP contribution in [-0.2, 0) is 0 Å². The van der Waals surface area contributed by atoms with Crippen molar-refractivity contribution in [3.63, 3.8) is 0 Å². The summed E-state index contributed by atoms with van der Waals surface area (Å²) in [5, 5.41) is 2.00. The Morgan fingerprint density at radius 3 is 3.07 bits per heavy atom. The SMILES string of the molecule is CCOc1cc(OC)c2sccc2n1. The number of rotatable bonds is 3. The topological polar surface area (TPSA) is 31.4 Å². The zero-order chi connectivity index (χ0) is 9.97. The van der Waals surface area contributed by atoms with Crippen molar-refractivity contribution in [2.24, 2.45) is 0 Å². The monoisotopic (exact) mass is 209 g/mol. The molecule has 0 aliphatic rings. The van der Waals surface area contributed by atoms with Crippen molar-refractivity contribution in [1.29, 1.82) is 0 Å². The van der Waals surface area contributed by atoms with Gasteiger partial charge in [0, 0.05) is 6.07 Å². The molecule has 2 rings (SSSR count). The van der Waals surface area contributed by atoms with E-state index < -0.39 is 0 Å². The van der Waals surface area contributed by atoms with Gasteiger partial charge in [0.05, 0.1) is 23.9 Å². The molecule has 0 unspecified atom stereocenters. The van der Waals surface area contributed by atoms with E-state index in [4.69, 9.17) is 9.47 Å². The van der Waals surface area contributed by atoms with Gasteiger partial charge in [-0.05, 0) is 18.4 Å². The number of methoxy groups -OCH3 is 1. The summed E-state index contributed by atoms with van der Waals surface area (Å²) < 4.78 is 11.7. The largest absolute Gasteiger partial charge is 0.495 e. The number of thiophene rings is 1. The van der Waals surface area contributed by atoms with Gasteiger partial charge in [-0.3, -0.25) is 0 Å². The summed E-state index contributed by atoms with van der Waals surface area (Å²) in [6, 6.07) is 3.79. The van der Waals surface area contributed by atoms with Crippen molar-refractivity contribution in [3.8, 4) is 11.6 Å². The molecule has 2 heterocycles. The Bertz CT molecular complexity index is 439. The summed E-state index contributed by atoms with van der Waals surface area (Å²) in [6.45, 7) is 2.55. The first-order valence-corrected chi connectivity index (χ1v) is 5.28. The van der Waals surface area contributed by atoms with Crippen LogP contribution in [0.4, 0.5) is 0 Å². The standard InChI is InChI=1S/C10H11NO2S/c1-3-13-9-6-8(12-2)10-7(11-9)4-5-14-10/h4-6H,3H2,1-2H3. The molecule has 0 spiro atoms. The van der Waals surface area contributed by atoms with E-state index in [1.165, 1.54) is 0 Å². The van der Waals surface area contributed by atoms with Gasteiger partial charge < -0.3 is 9.47 Å². The highest BCUT2D eigenvalue weighted by molar-refractivity contribution is 7.17. The fraction of sp³-hybridized carbons (Fsp3) is 0.300. The molecule has 2 aromatic heterocycles. The average Bonchev–Trinajstić information content (AvgIpc) is 2.65. The van der Waals surface area contributed by atoms with E-state index in [1.807, 2.05) is 24.4 Å². The first-order chi connectivity index (χ1) is 6.85. The van der Waals surface area contributed by atoms with Crippen LogP contribution in [0.3, 0.4) is 0 Å². The zero-order valence-corrected chi connectivity index (χ0v) is 8.93. The molecule has 0 aromatic carbocycles. The normalized spacial score (nSPS) is 10.4. The maximum atomic E-state index is 5.34. The summed E-state index contributed by atoms with van der Waals surface area (Å²) in [4.78, 5) is 4.34. The minimum atomic E-state index is 0.617. The molecule has 0 bridgehead atoms. The highest BCUT2D eigenvalue weighted by Crippen LogP contribution is 2.32. The lowest BCUT2D eigenvalue weighted by Crippen LogP contribution is -1.95. The second kappa shape index (κ2) is 3.84. The van der Waals surface area contributed by atoms with E-state index in [-0.39, 0.29) is 0 Å². The third kappa shape index (κ3) is 1.53. The molecule has 0 N–H and O–H groups in total. The Morgan fingerprint density at radius 2 is 2.36 bits per heavy atom. The molecule has 74 valence electrons. The highest BCUT2D eigenvalue weighted by atomic mass is 32.1. The van der Waals surface area contributed by atoms with E-state index in [2.05, 4.69) is 4.98 Å². The Labute approximate surface area is 86.3 Å². The summed E-state index contributed by atoms with van der Waals surface area (Å²) in [7, 11) is 1.66. The van der Waals surface area contributed by atoms with Gasteiger partial charge in [-0.1, -0.05) is 0 Å². The lowest BCUT2D eigenvalue weighted by Gasteiger charge is -2.05. The molecule has 0 fully saturated rings. The van der Waals surface area contributed by atoms with Crippen molar-refractivity contribution in [1.82, 2.24) is 4.98 Å². The summed E-state index contributed by atoms with van der Waals surface area (Å²) in [6.07, 6.45) is 0. The van der Waals surface area contributed by atoms with Crippen LogP contribution in [0, 0.1) is 0 Å². The molecule has 4 heteroatoms. The van der Waals surface area contributed by atoms with Gasteiger partial charge >= 0.3 is 0 Å². The number of hydrogen-bond donors (Lipinski definition) is 0. The van der Waals surface area contributed by atoms with Crippen LogP contribution in [0.15, 0.2) is 17.5 Å². The number of ether oxygens (including phenoxy) is 2. The third-order valence-electron chi connectivity index (χ3n) is 1.87. The lowest BCUT2D eigenvalue weighted by molar-refractivity contribution is 0.325. The average molecular weight is 209 g/mol. The van der Waals surface area contributed by atoms with Gasteiger partial charge in [-0.25, -0.2) is 4.98 Å². The van der Waals surface area contributed by atoms with Gasteiger partial charge in [-0.15, -0.1) is 11.3 Å². The summed E-state index contributed by atoms with van der Waals surface area (Å²) >= 11 is 1.62. The molecule has 0 radical (unpaired) electrons. The minimum Gasteiger partial charge on any atom is -0.495 e. The first-order valence-electron chi connectivity index (χ1n) is 4.40. The maximum Gasteiger partial charge on any atom is 0.217 e. The quantitative estimate of drug-likeness (QED) is 0.778. The molecular formula is C10H11NO2S. The van der Waals surface area contributed by atoms with E-state index in [9.17, 15) is 0 Å². The number of fused-ring (bicyclic) bond motifs is 1. The van der Waals surface area contributed by atoms with Gasteiger partial charge in [0.15, 0.2) is 0 Å². The van der Waals surface area contributed by atoms with Crippen molar-refractivity contribution < 1.29 is 9.47 Å². The lowest BCUT2D eigenvalue weighted by atomic mass is 10.4. The van der Waals surface area contributed by atoms with E-state index in [1.54, 1.807) is 18.4 Å². The van der Waals surface area contributed by atoms with Crippen molar-refractivity contribution in [3.05, 3.63) is 17.5 Å². The minimum absolute atomic E-state index is 0.617. The fourth-order valence-electron chi connectivity index (χ4n) is 1.28. The van der Waals surface area contributed by atoms with Crippen LogP contribution in [-0.4, -0.2) is 18.7 Å². The number of pyridine rings is 1. The van der Waals surface area contributed by atoms with Crippen LogP contribution in [0.2, 0.25) is 0 Å². The molecule has 0 saturated carbocycles. The fourth-order valence-corrected chi connectivity index (χ4v) is 2.10. The van der Waals surface area contributed by atoms with E-state index in [0.29, 0.717) is 12.5 Å². The highest BCUT2D eigenvalue weighted by Gasteiger charge is 2.07. The smallest absolute Gasteiger partial charge is 0.217 e. The first kappa shape index (κ1) is 9.27. The van der Waals surface area contributed by atoms with Crippen molar-refractivity contribution >= 4 is 21.6 Å². The molecule has 14 heavy (non-hydrogen) atoms. The predicted molar refractivity (Wildman–Crippen MR) is 57.3 cm³/mol. The van der Waals surface area contributed by atoms with Gasteiger partial charge in [0.2, 0.25) is 5.88 Å². The molecule has 0 aliphatic carbocycles. The third-order valence-corrected chi connectivity index (χ3v) is 2.78. The van der Waals surface area contributed by atoms with Gasteiger partial charge in [-0.2, -0.15) is 0 Å². The van der Waals surface area contributed by atoms with Crippen molar-refractivity contribution in [2.75, 3.05) is 13.7 Å². The Hall–Kier alpha value is -1.29. The van der Waals surface area contributed by atoms with Crippen LogP contribution in [0.25, 0.3) is 10.2 Å². The number of aromatic nitrogens is 1. The molecular weight excluding hydrogens is 198 g/mol. The molecule has 2 aromatic rings. The maximum absolute atomic E-state index is 5.34. The Morgan fingerprint density at radius 1 is 1.50 bits per heavy atom. The van der Waals surface area contributed by atoms with Crippen molar-refractivity contribution in [2.45, 2.75) is 6.92 Å². The Kier molecular flexibility index (Phi) is 2.54. The Balaban J connectivity index is 2.55. The zero-order valence-electron chi connectivity index (χ0n) is 8.11. The molecule has 0 aliphatic heterocycles. The van der Waals surface area contributed by atoms with Crippen LogP contribution < -0.4 is 9.47 Å². The van der Waals surface area contributed by atoms with Crippen LogP contribution in [0.1, 0.15) is 6.92 Å². The van der Waals surface area contributed by atoms with Crippen LogP contribution >= 0.6 is 11.3 Å². The molecule has 0 amide bonds. The molecule has 0 atom stereocenters. The number of hydrogen-bond acceptors (Lipinski definition) is 4. The van der Waals surface area contributed by atoms with E-state index in [0.717, 1.165) is 16.0 Å². The van der Waals surface area contributed by atoms with Gasteiger partial charge in [0.1, 0.15) is 5.75 Å².